The number of fused-ring (bicyclic) bond motifs is 3. The Labute approximate surface area is 89.7 Å². The van der Waals surface area contributed by atoms with Gasteiger partial charge in [0.25, 0.3) is 0 Å². The Morgan fingerprint density at radius 2 is 1.85 bits per heavy atom. The Kier molecular flexibility index (Phi) is 2.15. The van der Waals surface area contributed by atoms with Gasteiger partial charge in [0.1, 0.15) is 0 Å². The SMILES string of the molecule is CC1(C)O[C@@]2(C)CC[C@@H]1[C@H](Cl)[C@H]2Cl. The summed E-state index contributed by atoms with van der Waals surface area (Å²) in [5, 5.41) is 0.0186. The van der Waals surface area contributed by atoms with Crippen LogP contribution in [0.4, 0.5) is 0 Å². The van der Waals surface area contributed by atoms with Gasteiger partial charge in [0.15, 0.2) is 0 Å². The first-order valence-electron chi connectivity index (χ1n) is 4.85. The molecule has 76 valence electrons. The van der Waals surface area contributed by atoms with E-state index in [0.717, 1.165) is 12.8 Å². The molecule has 0 unspecified atom stereocenters. The highest BCUT2D eigenvalue weighted by Crippen LogP contribution is 2.53. The fourth-order valence-corrected chi connectivity index (χ4v) is 3.82. The Morgan fingerprint density at radius 3 is 2.31 bits per heavy atom. The molecule has 0 aromatic heterocycles. The molecule has 2 bridgehead atoms. The predicted octanol–water partition coefficient (Wildman–Crippen LogP) is 3.18. The smallest absolute Gasteiger partial charge is 0.0839 e. The Balaban J connectivity index is 2.34. The van der Waals surface area contributed by atoms with Crippen LogP contribution < -0.4 is 0 Å². The summed E-state index contributed by atoms with van der Waals surface area (Å²) in [5.74, 6) is 0.401. The predicted molar refractivity (Wildman–Crippen MR) is 55.6 cm³/mol. The molecule has 2 aliphatic heterocycles. The normalized spacial score (nSPS) is 53.8. The van der Waals surface area contributed by atoms with Gasteiger partial charge in [0, 0.05) is 5.92 Å². The maximum Gasteiger partial charge on any atom is 0.0839 e. The van der Waals surface area contributed by atoms with Crippen LogP contribution in [0.15, 0.2) is 0 Å². The summed E-state index contributed by atoms with van der Waals surface area (Å²) < 4.78 is 6.03. The van der Waals surface area contributed by atoms with Crippen LogP contribution >= 0.6 is 23.2 Å². The van der Waals surface area contributed by atoms with Gasteiger partial charge in [-0.3, -0.25) is 0 Å². The number of hydrogen-bond donors (Lipinski definition) is 0. The average molecular weight is 223 g/mol. The van der Waals surface area contributed by atoms with E-state index in [4.69, 9.17) is 27.9 Å². The van der Waals surface area contributed by atoms with E-state index in [-0.39, 0.29) is 22.0 Å². The quantitative estimate of drug-likeness (QED) is 0.573. The second-order valence-electron chi connectivity index (χ2n) is 5.01. The summed E-state index contributed by atoms with van der Waals surface area (Å²) in [5.41, 5.74) is -0.322. The van der Waals surface area contributed by atoms with Gasteiger partial charge in [-0.2, -0.15) is 0 Å². The van der Waals surface area contributed by atoms with Crippen molar-refractivity contribution in [3.05, 3.63) is 0 Å². The van der Waals surface area contributed by atoms with E-state index in [1.54, 1.807) is 0 Å². The summed E-state index contributed by atoms with van der Waals surface area (Å²) in [4.78, 5) is 0. The van der Waals surface area contributed by atoms with E-state index in [1.165, 1.54) is 0 Å². The van der Waals surface area contributed by atoms with Crippen molar-refractivity contribution < 1.29 is 4.74 Å². The van der Waals surface area contributed by atoms with Crippen LogP contribution in [0.1, 0.15) is 33.6 Å². The van der Waals surface area contributed by atoms with Crippen molar-refractivity contribution >= 4 is 23.2 Å². The molecule has 0 aromatic carbocycles. The molecule has 3 heteroatoms. The summed E-state index contributed by atoms with van der Waals surface area (Å²) in [7, 11) is 0. The number of ether oxygens (including phenoxy) is 1. The minimum absolute atomic E-state index is 0.0408. The highest BCUT2D eigenvalue weighted by Gasteiger charge is 2.58. The van der Waals surface area contributed by atoms with Gasteiger partial charge < -0.3 is 4.74 Å². The molecule has 3 rings (SSSR count). The van der Waals surface area contributed by atoms with Gasteiger partial charge in [-0.15, -0.1) is 23.2 Å². The third kappa shape index (κ3) is 1.32. The average Bonchev–Trinajstić information content (AvgIpc) is 1.97. The number of alkyl halides is 2. The molecule has 0 spiro atoms. The number of rotatable bonds is 0. The van der Waals surface area contributed by atoms with Gasteiger partial charge >= 0.3 is 0 Å². The topological polar surface area (TPSA) is 9.23 Å². The Hall–Kier alpha value is 0.540. The molecular weight excluding hydrogens is 207 g/mol. The largest absolute Gasteiger partial charge is 0.367 e. The minimum atomic E-state index is -0.216. The van der Waals surface area contributed by atoms with E-state index in [2.05, 4.69) is 20.8 Å². The molecule has 0 radical (unpaired) electrons. The van der Waals surface area contributed by atoms with Crippen molar-refractivity contribution in [1.29, 1.82) is 0 Å². The van der Waals surface area contributed by atoms with Crippen LogP contribution in [-0.4, -0.2) is 22.0 Å². The fraction of sp³-hybridized carbons (Fsp3) is 1.00. The Bertz CT molecular complexity index is 229. The van der Waals surface area contributed by atoms with Crippen LogP contribution in [0.5, 0.6) is 0 Å². The molecule has 13 heavy (non-hydrogen) atoms. The third-order valence-electron chi connectivity index (χ3n) is 3.59. The molecule has 1 nitrogen and oxygen atoms in total. The third-order valence-corrected chi connectivity index (χ3v) is 5.01. The van der Waals surface area contributed by atoms with Gasteiger partial charge in [0.2, 0.25) is 0 Å². The standard InChI is InChI=1S/C10H16Cl2O/c1-9(2)6-4-5-10(3,13-9)8(12)7(6)11/h6-8H,4-5H2,1-3H3/t6-,7+,8-,10+/m1/s1. The maximum absolute atomic E-state index is 6.33. The Morgan fingerprint density at radius 1 is 1.23 bits per heavy atom. The second kappa shape index (κ2) is 2.77. The van der Waals surface area contributed by atoms with E-state index in [9.17, 15) is 0 Å². The first-order valence-corrected chi connectivity index (χ1v) is 5.72. The zero-order chi connectivity index (χ0) is 9.85. The van der Waals surface area contributed by atoms with Crippen LogP contribution in [0.3, 0.4) is 0 Å². The van der Waals surface area contributed by atoms with Gasteiger partial charge in [0.05, 0.1) is 22.0 Å². The molecule has 2 heterocycles. The van der Waals surface area contributed by atoms with Crippen LogP contribution in [0.25, 0.3) is 0 Å². The second-order valence-corrected chi connectivity index (χ2v) is 5.98. The number of hydrogen-bond acceptors (Lipinski definition) is 1. The lowest BCUT2D eigenvalue weighted by Crippen LogP contribution is -2.65. The molecule has 4 atom stereocenters. The monoisotopic (exact) mass is 222 g/mol. The van der Waals surface area contributed by atoms with Crippen molar-refractivity contribution in [2.75, 3.05) is 0 Å². The maximum atomic E-state index is 6.33. The van der Waals surface area contributed by atoms with Crippen molar-refractivity contribution in [1.82, 2.24) is 0 Å². The summed E-state index contributed by atoms with van der Waals surface area (Å²) in [6.45, 7) is 6.32. The zero-order valence-corrected chi connectivity index (χ0v) is 9.82. The highest BCUT2D eigenvalue weighted by atomic mass is 35.5. The summed E-state index contributed by atoms with van der Waals surface area (Å²) in [6, 6.07) is 0. The lowest BCUT2D eigenvalue weighted by molar-refractivity contribution is -0.224. The fourth-order valence-electron chi connectivity index (χ4n) is 2.79. The van der Waals surface area contributed by atoms with E-state index in [1.807, 2.05) is 0 Å². The molecule has 0 N–H and O–H groups in total. The van der Waals surface area contributed by atoms with E-state index < -0.39 is 0 Å². The molecular formula is C10H16Cl2O. The molecule has 1 aliphatic carbocycles. The lowest BCUT2D eigenvalue weighted by atomic mass is 9.68. The van der Waals surface area contributed by atoms with Crippen molar-refractivity contribution in [3.8, 4) is 0 Å². The van der Waals surface area contributed by atoms with E-state index >= 15 is 0 Å². The zero-order valence-electron chi connectivity index (χ0n) is 8.31. The van der Waals surface area contributed by atoms with Crippen LogP contribution in [-0.2, 0) is 4.74 Å². The van der Waals surface area contributed by atoms with Gasteiger partial charge in [-0.25, -0.2) is 0 Å². The highest BCUT2D eigenvalue weighted by molar-refractivity contribution is 6.31. The first kappa shape index (κ1) is 10.1. The molecule has 3 fully saturated rings. The van der Waals surface area contributed by atoms with Crippen LogP contribution in [0.2, 0.25) is 0 Å². The minimum Gasteiger partial charge on any atom is -0.367 e. The van der Waals surface area contributed by atoms with Crippen molar-refractivity contribution in [3.63, 3.8) is 0 Å². The van der Waals surface area contributed by atoms with Gasteiger partial charge in [-0.05, 0) is 33.6 Å². The molecule has 2 saturated heterocycles. The molecule has 0 amide bonds. The summed E-state index contributed by atoms with van der Waals surface area (Å²) >= 11 is 12.6. The molecule has 0 aromatic rings. The first-order chi connectivity index (χ1) is 5.87. The molecule has 1 saturated carbocycles. The van der Waals surface area contributed by atoms with Crippen molar-refractivity contribution in [2.45, 2.75) is 55.6 Å². The van der Waals surface area contributed by atoms with Crippen molar-refractivity contribution in [2.24, 2.45) is 5.92 Å². The van der Waals surface area contributed by atoms with E-state index in [0.29, 0.717) is 5.92 Å². The molecule has 3 aliphatic rings. The lowest BCUT2D eigenvalue weighted by Gasteiger charge is -2.58. The van der Waals surface area contributed by atoms with Gasteiger partial charge in [-0.1, -0.05) is 0 Å². The summed E-state index contributed by atoms with van der Waals surface area (Å²) in [6.07, 6.45) is 2.18. The number of halogens is 2. The van der Waals surface area contributed by atoms with Crippen LogP contribution in [0, 0.1) is 5.92 Å².